The van der Waals surface area contributed by atoms with Crippen LogP contribution >= 0.6 is 0 Å². The second-order valence-corrected chi connectivity index (χ2v) is 7.96. The van der Waals surface area contributed by atoms with E-state index in [0.717, 1.165) is 19.4 Å². The van der Waals surface area contributed by atoms with Crippen LogP contribution in [0.3, 0.4) is 0 Å². The molecule has 1 atom stereocenters. The van der Waals surface area contributed by atoms with E-state index >= 15 is 0 Å². The zero-order chi connectivity index (χ0) is 15.6. The lowest BCUT2D eigenvalue weighted by molar-refractivity contribution is 0.0600. The molecule has 1 fully saturated rings. The Bertz CT molecular complexity index is 631. The summed E-state index contributed by atoms with van der Waals surface area (Å²) in [4.78, 5) is 12.0. The van der Waals surface area contributed by atoms with Crippen LogP contribution in [0.25, 0.3) is 0 Å². The number of hydrogen-bond acceptors (Lipinski definition) is 5. The van der Waals surface area contributed by atoms with Crippen molar-refractivity contribution < 1.29 is 17.9 Å². The van der Waals surface area contributed by atoms with E-state index in [9.17, 15) is 13.2 Å². The Hall–Kier alpha value is -1.40. The molecule has 5 nitrogen and oxygen atoms in total. The third-order valence-electron chi connectivity index (χ3n) is 3.79. The Morgan fingerprint density at radius 3 is 2.62 bits per heavy atom. The monoisotopic (exact) mass is 311 g/mol. The maximum Gasteiger partial charge on any atom is 0.337 e. The first-order chi connectivity index (χ1) is 9.87. The molecule has 2 rings (SSSR count). The molecular formula is C15H21NO4S. The van der Waals surface area contributed by atoms with Crippen LogP contribution in [-0.4, -0.2) is 33.3 Å². The van der Waals surface area contributed by atoms with Crippen LogP contribution in [0.1, 0.15) is 48.7 Å². The number of carbonyl (C=O) groups is 1. The normalized spacial score (nSPS) is 19.0. The van der Waals surface area contributed by atoms with Gasteiger partial charge in [-0.3, -0.25) is 0 Å². The van der Waals surface area contributed by atoms with Gasteiger partial charge in [-0.25, -0.2) is 13.2 Å². The van der Waals surface area contributed by atoms with E-state index in [2.05, 4.69) is 5.32 Å². The van der Waals surface area contributed by atoms with Crippen molar-refractivity contribution in [2.24, 2.45) is 0 Å². The van der Waals surface area contributed by atoms with Gasteiger partial charge in [0.15, 0.2) is 9.84 Å². The first-order valence-corrected chi connectivity index (χ1v) is 8.62. The minimum Gasteiger partial charge on any atom is -0.465 e. The molecule has 21 heavy (non-hydrogen) atoms. The van der Waals surface area contributed by atoms with Crippen molar-refractivity contribution >= 4 is 15.8 Å². The van der Waals surface area contributed by atoms with Crippen molar-refractivity contribution in [1.82, 2.24) is 5.32 Å². The number of esters is 1. The van der Waals surface area contributed by atoms with Crippen LogP contribution in [0, 0.1) is 0 Å². The topological polar surface area (TPSA) is 72.5 Å². The number of carbonyl (C=O) groups excluding carboxylic acids is 1. The van der Waals surface area contributed by atoms with Crippen molar-refractivity contribution in [2.45, 2.75) is 42.9 Å². The van der Waals surface area contributed by atoms with E-state index in [-0.39, 0.29) is 6.04 Å². The fourth-order valence-electron chi connectivity index (χ4n) is 2.53. The molecule has 0 bridgehead atoms. The smallest absolute Gasteiger partial charge is 0.337 e. The Labute approximate surface area is 125 Å². The molecule has 0 aliphatic carbocycles. The average molecular weight is 311 g/mol. The highest BCUT2D eigenvalue weighted by Gasteiger charge is 2.28. The van der Waals surface area contributed by atoms with Gasteiger partial charge in [-0.2, -0.15) is 0 Å². The van der Waals surface area contributed by atoms with Crippen molar-refractivity contribution in [3.8, 4) is 0 Å². The van der Waals surface area contributed by atoms with Gasteiger partial charge in [-0.15, -0.1) is 0 Å². The summed E-state index contributed by atoms with van der Waals surface area (Å²) < 4.78 is 29.8. The second kappa shape index (κ2) is 6.15. The number of ether oxygens (including phenoxy) is 1. The summed E-state index contributed by atoms with van der Waals surface area (Å²) in [7, 11) is -2.07. The van der Waals surface area contributed by atoms with Gasteiger partial charge in [0.1, 0.15) is 0 Å². The molecule has 1 aliphatic heterocycles. The summed E-state index contributed by atoms with van der Waals surface area (Å²) in [5.41, 5.74) is 1.05. The minimum absolute atomic E-state index is 0.0295. The van der Waals surface area contributed by atoms with E-state index in [1.165, 1.54) is 19.2 Å². The summed E-state index contributed by atoms with van der Waals surface area (Å²) >= 11 is 0. The molecule has 0 aromatic heterocycles. The van der Waals surface area contributed by atoms with Crippen molar-refractivity contribution in [2.75, 3.05) is 13.7 Å². The molecule has 0 amide bonds. The van der Waals surface area contributed by atoms with Gasteiger partial charge in [0, 0.05) is 6.04 Å². The van der Waals surface area contributed by atoms with Gasteiger partial charge < -0.3 is 10.1 Å². The largest absolute Gasteiger partial charge is 0.465 e. The molecule has 1 unspecified atom stereocenters. The summed E-state index contributed by atoms with van der Waals surface area (Å²) in [5.74, 6) is -0.456. The molecule has 1 N–H and O–H groups in total. The maximum atomic E-state index is 12.5. The highest BCUT2D eigenvalue weighted by Crippen LogP contribution is 2.31. The molecule has 1 saturated heterocycles. The number of methoxy groups -OCH3 is 1. The fraction of sp³-hybridized carbons (Fsp3) is 0.533. The van der Waals surface area contributed by atoms with Crippen LogP contribution in [0.5, 0.6) is 0 Å². The quantitative estimate of drug-likeness (QED) is 0.862. The Kier molecular flexibility index (Phi) is 4.68. The molecule has 1 aliphatic rings. The van der Waals surface area contributed by atoms with E-state index in [0.29, 0.717) is 16.0 Å². The number of sulfone groups is 1. The predicted octanol–water partition coefficient (Wildman–Crippen LogP) is 2.08. The molecule has 116 valence electrons. The first kappa shape index (κ1) is 16.0. The molecule has 6 heteroatoms. The minimum atomic E-state index is -3.39. The Morgan fingerprint density at radius 2 is 2.10 bits per heavy atom. The third kappa shape index (κ3) is 3.11. The first-order valence-electron chi connectivity index (χ1n) is 7.07. The molecule has 0 saturated carbocycles. The lowest BCUT2D eigenvalue weighted by Gasteiger charge is -2.18. The number of hydrogen-bond donors (Lipinski definition) is 1. The zero-order valence-corrected chi connectivity index (χ0v) is 13.4. The van der Waals surface area contributed by atoms with Gasteiger partial charge in [0.05, 0.1) is 22.8 Å². The summed E-state index contributed by atoms with van der Waals surface area (Å²) in [5, 5.41) is 2.79. The summed E-state index contributed by atoms with van der Waals surface area (Å²) in [6.07, 6.45) is 1.86. The van der Waals surface area contributed by atoms with Crippen LogP contribution in [0.4, 0.5) is 0 Å². The number of rotatable bonds is 4. The molecule has 0 radical (unpaired) electrons. The lowest BCUT2D eigenvalue weighted by Crippen LogP contribution is -2.21. The van der Waals surface area contributed by atoms with E-state index < -0.39 is 21.1 Å². The third-order valence-corrected chi connectivity index (χ3v) is 6.02. The molecule has 1 aromatic carbocycles. The molecule has 0 spiro atoms. The average Bonchev–Trinajstić information content (AvgIpc) is 2.99. The van der Waals surface area contributed by atoms with Crippen LogP contribution < -0.4 is 5.32 Å². The highest BCUT2D eigenvalue weighted by molar-refractivity contribution is 7.92. The van der Waals surface area contributed by atoms with Crippen molar-refractivity contribution in [3.63, 3.8) is 0 Å². The summed E-state index contributed by atoms with van der Waals surface area (Å²) in [6.45, 7) is 4.18. The summed E-state index contributed by atoms with van der Waals surface area (Å²) in [6, 6.07) is 4.65. The molecule has 1 aromatic rings. The second-order valence-electron chi connectivity index (χ2n) is 5.49. The molecule has 1 heterocycles. The van der Waals surface area contributed by atoms with Crippen LogP contribution in [-0.2, 0) is 14.6 Å². The van der Waals surface area contributed by atoms with Crippen molar-refractivity contribution in [3.05, 3.63) is 29.3 Å². The van der Waals surface area contributed by atoms with E-state index in [4.69, 9.17) is 4.74 Å². The molecular weight excluding hydrogens is 290 g/mol. The maximum absolute atomic E-state index is 12.5. The van der Waals surface area contributed by atoms with Gasteiger partial charge in [-0.05, 0) is 57.0 Å². The van der Waals surface area contributed by atoms with Gasteiger partial charge >= 0.3 is 5.97 Å². The van der Waals surface area contributed by atoms with Gasteiger partial charge in [-0.1, -0.05) is 0 Å². The van der Waals surface area contributed by atoms with Crippen LogP contribution in [0.2, 0.25) is 0 Å². The Balaban J connectivity index is 2.57. The lowest BCUT2D eigenvalue weighted by atomic mass is 10.0. The van der Waals surface area contributed by atoms with Crippen LogP contribution in [0.15, 0.2) is 23.1 Å². The Morgan fingerprint density at radius 1 is 1.38 bits per heavy atom. The van der Waals surface area contributed by atoms with E-state index in [1.54, 1.807) is 19.9 Å². The van der Waals surface area contributed by atoms with E-state index in [1.807, 2.05) is 0 Å². The SMILES string of the molecule is COC(=O)c1ccc(S(=O)(=O)C(C)C)c(C2CCCN2)c1. The number of benzene rings is 1. The standard InChI is InChI=1S/C15H21NO4S/c1-10(2)21(18,19)14-7-6-11(15(17)20-3)9-12(14)13-5-4-8-16-13/h6-7,9-10,13,16H,4-5,8H2,1-3H3. The van der Waals surface area contributed by atoms with Gasteiger partial charge in [0.2, 0.25) is 0 Å². The fourth-order valence-corrected chi connectivity index (χ4v) is 3.82. The number of nitrogens with one attached hydrogen (secondary N) is 1. The highest BCUT2D eigenvalue weighted by atomic mass is 32.2. The zero-order valence-electron chi connectivity index (χ0n) is 12.5. The predicted molar refractivity (Wildman–Crippen MR) is 80.1 cm³/mol. The van der Waals surface area contributed by atoms with Crippen molar-refractivity contribution in [1.29, 1.82) is 0 Å². The van der Waals surface area contributed by atoms with Gasteiger partial charge in [0.25, 0.3) is 0 Å².